The molecule has 0 radical (unpaired) electrons. The SMILES string of the molecule is C1CCC1.CC(=O)c1ccc(C)c(C)c1.CC/C=C(/C)CN1CCC(c2cccc(C)n2)CC1.CCCCC1CS1.N#Cc1ccc(CC2CCC2)c(F)c1. The summed E-state index contributed by atoms with van der Waals surface area (Å²) in [6.45, 7) is 18.0. The first-order valence-corrected chi connectivity index (χ1v) is 22.3. The second kappa shape index (κ2) is 25.8. The molecule has 4 nitrogen and oxygen atoms in total. The van der Waals surface area contributed by atoms with Gasteiger partial charge in [-0.05, 0) is 133 Å². The average molecular weight is 768 g/mol. The number of piperidine rings is 1. The van der Waals surface area contributed by atoms with E-state index in [1.165, 1.54) is 124 Å². The van der Waals surface area contributed by atoms with Gasteiger partial charge in [0.05, 0.1) is 11.6 Å². The Balaban J connectivity index is 0.000000199. The van der Waals surface area contributed by atoms with Crippen LogP contribution in [0.5, 0.6) is 0 Å². The number of Topliss-reactive ketones (excluding diaryl/α,β-unsaturated/α-hetero) is 1. The average Bonchev–Trinajstić information content (AvgIpc) is 3.96. The molecule has 2 saturated heterocycles. The van der Waals surface area contributed by atoms with E-state index in [1.807, 2.05) is 38.1 Å². The summed E-state index contributed by atoms with van der Waals surface area (Å²) in [5, 5.41) is 9.64. The molecule has 2 aromatic carbocycles. The Labute approximate surface area is 338 Å². The molecule has 2 aliphatic carbocycles. The highest BCUT2D eigenvalue weighted by atomic mass is 32.2. The van der Waals surface area contributed by atoms with Crippen molar-refractivity contribution in [1.29, 1.82) is 5.26 Å². The third kappa shape index (κ3) is 18.5. The van der Waals surface area contributed by atoms with Crippen LogP contribution in [0.3, 0.4) is 0 Å². The quantitative estimate of drug-likeness (QED) is 0.117. The number of hydrogen-bond donors (Lipinski definition) is 0. The number of aryl methyl sites for hydroxylation is 3. The van der Waals surface area contributed by atoms with Crippen molar-refractivity contribution in [2.24, 2.45) is 5.92 Å². The second-order valence-corrected chi connectivity index (χ2v) is 17.3. The number of carbonyl (C=O) groups excluding carboxylic acids is 1. The Bertz CT molecular complexity index is 1640. The zero-order valence-electron chi connectivity index (χ0n) is 35.3. The maximum atomic E-state index is 13.4. The Kier molecular flexibility index (Phi) is 21.6. The lowest BCUT2D eigenvalue weighted by Crippen LogP contribution is -2.34. The molecule has 2 saturated carbocycles. The van der Waals surface area contributed by atoms with Crippen LogP contribution in [-0.4, -0.2) is 46.3 Å². The fourth-order valence-electron chi connectivity index (χ4n) is 6.61. The highest BCUT2D eigenvalue weighted by molar-refractivity contribution is 8.06. The maximum absolute atomic E-state index is 13.4. The van der Waals surface area contributed by atoms with E-state index in [4.69, 9.17) is 5.26 Å². The summed E-state index contributed by atoms with van der Waals surface area (Å²) in [6.07, 6.45) is 20.8. The van der Waals surface area contributed by atoms with Gasteiger partial charge in [0.25, 0.3) is 0 Å². The number of nitrogens with zero attached hydrogens (tertiary/aromatic N) is 3. The summed E-state index contributed by atoms with van der Waals surface area (Å²) in [7, 11) is 0. The Hall–Kier alpha value is -3.27. The molecule has 1 unspecified atom stereocenters. The van der Waals surface area contributed by atoms with Crippen LogP contribution in [0.15, 0.2) is 66.2 Å². The maximum Gasteiger partial charge on any atom is 0.159 e. The number of allylic oxidation sites excluding steroid dienone is 1. The minimum atomic E-state index is -0.226. The van der Waals surface area contributed by atoms with Crippen LogP contribution < -0.4 is 0 Å². The van der Waals surface area contributed by atoms with E-state index >= 15 is 0 Å². The van der Waals surface area contributed by atoms with E-state index in [9.17, 15) is 9.18 Å². The van der Waals surface area contributed by atoms with Gasteiger partial charge in [-0.1, -0.05) is 108 Å². The predicted octanol–water partition coefficient (Wildman–Crippen LogP) is 13.3. The van der Waals surface area contributed by atoms with Crippen molar-refractivity contribution >= 4 is 17.5 Å². The molecule has 6 heteroatoms. The van der Waals surface area contributed by atoms with Crippen molar-refractivity contribution in [3.05, 3.63) is 111 Å². The monoisotopic (exact) mass is 768 g/mol. The summed E-state index contributed by atoms with van der Waals surface area (Å²) in [5.74, 6) is 2.67. The van der Waals surface area contributed by atoms with Gasteiger partial charge in [0.2, 0.25) is 0 Å². The molecule has 4 aliphatic rings. The number of ketones is 1. The Morgan fingerprint density at radius 3 is 2.11 bits per heavy atom. The van der Waals surface area contributed by atoms with Gasteiger partial charge in [-0.25, -0.2) is 4.39 Å². The van der Waals surface area contributed by atoms with Crippen LogP contribution in [-0.2, 0) is 6.42 Å². The van der Waals surface area contributed by atoms with Crippen LogP contribution in [0.2, 0.25) is 0 Å². The predicted molar refractivity (Wildman–Crippen MR) is 234 cm³/mol. The third-order valence-electron chi connectivity index (χ3n) is 11.1. The molecule has 1 aromatic heterocycles. The van der Waals surface area contributed by atoms with E-state index < -0.39 is 0 Å². The van der Waals surface area contributed by atoms with E-state index in [0.29, 0.717) is 17.4 Å². The number of pyridine rings is 1. The number of likely N-dealkylation sites (tertiary alicyclic amines) is 1. The number of rotatable bonds is 10. The highest BCUT2D eigenvalue weighted by Crippen LogP contribution is 2.34. The van der Waals surface area contributed by atoms with E-state index in [2.05, 4.69) is 73.6 Å². The van der Waals surface area contributed by atoms with Crippen molar-refractivity contribution in [2.75, 3.05) is 25.4 Å². The van der Waals surface area contributed by atoms with Gasteiger partial charge in [0.1, 0.15) is 5.82 Å². The summed E-state index contributed by atoms with van der Waals surface area (Å²) >= 11 is 2.11. The van der Waals surface area contributed by atoms with Crippen LogP contribution >= 0.6 is 11.8 Å². The van der Waals surface area contributed by atoms with Crippen molar-refractivity contribution in [1.82, 2.24) is 9.88 Å². The molecule has 3 heterocycles. The second-order valence-electron chi connectivity index (χ2n) is 16.0. The summed E-state index contributed by atoms with van der Waals surface area (Å²) in [4.78, 5) is 18.2. The van der Waals surface area contributed by atoms with Crippen molar-refractivity contribution < 1.29 is 9.18 Å². The van der Waals surface area contributed by atoms with Crippen LogP contribution in [0, 0.1) is 43.8 Å². The smallest absolute Gasteiger partial charge is 0.159 e. The fraction of sp³-hybridized carbons (Fsp3) is 0.571. The molecule has 0 spiro atoms. The van der Waals surface area contributed by atoms with Gasteiger partial charge >= 0.3 is 0 Å². The summed E-state index contributed by atoms with van der Waals surface area (Å²) < 4.78 is 13.4. The molecule has 7 rings (SSSR count). The Morgan fingerprint density at radius 1 is 0.927 bits per heavy atom. The number of halogens is 1. The molecule has 0 N–H and O–H groups in total. The van der Waals surface area contributed by atoms with Gasteiger partial charge in [0, 0.05) is 40.4 Å². The summed E-state index contributed by atoms with van der Waals surface area (Å²) in [5.41, 5.74) is 8.31. The number of thioether (sulfide) groups is 1. The molecule has 300 valence electrons. The lowest BCUT2D eigenvalue weighted by atomic mass is 9.81. The number of carbonyl (C=O) groups is 1. The molecule has 0 amide bonds. The molecule has 2 aliphatic heterocycles. The molecular formula is C49H70FN3OS. The van der Waals surface area contributed by atoms with Gasteiger partial charge in [-0.15, -0.1) is 0 Å². The lowest BCUT2D eigenvalue weighted by Gasteiger charge is -2.32. The van der Waals surface area contributed by atoms with Crippen LogP contribution in [0.1, 0.15) is 161 Å². The zero-order valence-corrected chi connectivity index (χ0v) is 36.1. The van der Waals surface area contributed by atoms with E-state index in [0.717, 1.165) is 41.5 Å². The third-order valence-corrected chi connectivity index (χ3v) is 12.1. The first-order valence-electron chi connectivity index (χ1n) is 21.2. The topological polar surface area (TPSA) is 57.0 Å². The van der Waals surface area contributed by atoms with Gasteiger partial charge in [0.15, 0.2) is 5.78 Å². The normalized spacial score (nSPS) is 17.8. The molecule has 0 bridgehead atoms. The fourth-order valence-corrected chi connectivity index (χ4v) is 7.25. The Morgan fingerprint density at radius 2 is 1.62 bits per heavy atom. The first kappa shape index (κ1) is 46.1. The molecule has 4 fully saturated rings. The minimum Gasteiger partial charge on any atom is -0.299 e. The van der Waals surface area contributed by atoms with Gasteiger partial charge < -0.3 is 0 Å². The molecule has 1 atom stereocenters. The number of unbranched alkanes of at least 4 members (excludes halogenated alkanes) is 1. The molecule has 55 heavy (non-hydrogen) atoms. The first-order chi connectivity index (χ1) is 26.5. The summed E-state index contributed by atoms with van der Waals surface area (Å²) in [6, 6.07) is 18.9. The van der Waals surface area contributed by atoms with Crippen molar-refractivity contribution in [3.63, 3.8) is 0 Å². The number of nitriles is 1. The van der Waals surface area contributed by atoms with Crippen molar-refractivity contribution in [3.8, 4) is 6.07 Å². The number of hydrogen-bond acceptors (Lipinski definition) is 5. The largest absolute Gasteiger partial charge is 0.299 e. The van der Waals surface area contributed by atoms with Crippen molar-refractivity contribution in [2.45, 2.75) is 150 Å². The lowest BCUT2D eigenvalue weighted by molar-refractivity contribution is 0.101. The minimum absolute atomic E-state index is 0.133. The molecular weight excluding hydrogens is 698 g/mol. The van der Waals surface area contributed by atoms with Crippen LogP contribution in [0.25, 0.3) is 0 Å². The number of benzene rings is 2. The zero-order chi connectivity index (χ0) is 40.0. The highest BCUT2D eigenvalue weighted by Gasteiger charge is 2.22. The van der Waals surface area contributed by atoms with E-state index in [1.54, 1.807) is 19.1 Å². The van der Waals surface area contributed by atoms with Crippen LogP contribution in [0.4, 0.5) is 4.39 Å². The van der Waals surface area contributed by atoms with Gasteiger partial charge in [-0.2, -0.15) is 17.0 Å². The standard InChI is InChI=1S/C17H26N2.C12H12FN.C10H12O.C6H12S.C4H8/c1-4-6-14(2)13-19-11-9-16(10-12-19)17-8-5-7-15(3)18-17;13-12-7-10(8-14)4-5-11(12)6-9-2-1-3-9;1-7-4-5-10(9(3)11)6-8(7)2;1-2-3-4-6-5-7-6;1-2-4-3-1/h5-8,16H,4,9-13H2,1-3H3;4-5,7,9H,1-3,6H2;4-6H,1-3H3;6H,2-5H2,1H3;1-4H2/b14-6-;;;;. The van der Waals surface area contributed by atoms with E-state index in [-0.39, 0.29) is 11.6 Å². The van der Waals surface area contributed by atoms with Gasteiger partial charge in [-0.3, -0.25) is 14.7 Å². The molecule has 3 aromatic rings. The number of aromatic nitrogens is 1.